The smallest absolute Gasteiger partial charge is 0.325 e. The monoisotopic (exact) mass is 387 g/mol. The molecule has 1 heterocycles. The molecular weight excluding hydrogens is 370 g/mol. The normalized spacial score (nSPS) is 17.4. The predicted octanol–water partition coefficient (Wildman–Crippen LogP) is 5.32. The Kier molecular flexibility index (Phi) is 3.65. The lowest BCUT2D eigenvalue weighted by Crippen LogP contribution is -2.37. The maximum Gasteiger partial charge on any atom is 0.325 e. The number of nitrogens with zero attached hydrogens (tertiary/aromatic N) is 1. The zero-order valence-electron chi connectivity index (χ0n) is 15.6. The summed E-state index contributed by atoms with van der Waals surface area (Å²) in [5.74, 6) is -0.308. The molecule has 0 N–H and O–H groups in total. The Hall–Kier alpha value is -3.04. The standard InChI is InChI=1S/C24H18ClNO2/c1-26-20-11-7-6-10-18(20)21-22(26)17-13-12-16(25)14-19(17)24(21,23(27)28-2)15-8-4-3-5-9-15/h3-14H,1-2H3. The Morgan fingerprint density at radius 2 is 1.71 bits per heavy atom. The molecule has 0 bridgehead atoms. The average Bonchev–Trinajstić information content (AvgIpc) is 3.19. The van der Waals surface area contributed by atoms with Crippen molar-refractivity contribution < 1.29 is 9.53 Å². The van der Waals surface area contributed by atoms with E-state index in [0.717, 1.165) is 38.9 Å². The molecular formula is C24H18ClNO2. The minimum absolute atomic E-state index is 0.308. The zero-order chi connectivity index (χ0) is 19.5. The van der Waals surface area contributed by atoms with Gasteiger partial charge in [-0.1, -0.05) is 66.2 Å². The molecule has 0 fully saturated rings. The molecule has 0 amide bonds. The topological polar surface area (TPSA) is 31.2 Å². The number of carbonyl (C=O) groups is 1. The molecule has 138 valence electrons. The van der Waals surface area contributed by atoms with Gasteiger partial charge in [-0.15, -0.1) is 0 Å². The van der Waals surface area contributed by atoms with Gasteiger partial charge in [-0.3, -0.25) is 4.79 Å². The summed E-state index contributed by atoms with van der Waals surface area (Å²) in [5.41, 5.74) is 4.75. The summed E-state index contributed by atoms with van der Waals surface area (Å²) in [6, 6.07) is 23.8. The lowest BCUT2D eigenvalue weighted by atomic mass is 9.72. The number of aromatic nitrogens is 1. The van der Waals surface area contributed by atoms with Gasteiger partial charge in [-0.25, -0.2) is 0 Å². The first-order chi connectivity index (χ1) is 13.6. The fourth-order valence-electron chi connectivity index (χ4n) is 4.73. The molecule has 4 heteroatoms. The molecule has 1 aliphatic carbocycles. The van der Waals surface area contributed by atoms with Crippen LogP contribution >= 0.6 is 11.6 Å². The number of hydrogen-bond acceptors (Lipinski definition) is 2. The van der Waals surface area contributed by atoms with Gasteiger partial charge in [0.2, 0.25) is 0 Å². The lowest BCUT2D eigenvalue weighted by Gasteiger charge is -2.29. The Balaban J connectivity index is 2.05. The van der Waals surface area contributed by atoms with Gasteiger partial charge in [-0.05, 0) is 29.3 Å². The second-order valence-electron chi connectivity index (χ2n) is 7.10. The lowest BCUT2D eigenvalue weighted by molar-refractivity contribution is -0.144. The maximum absolute atomic E-state index is 13.6. The van der Waals surface area contributed by atoms with Gasteiger partial charge < -0.3 is 9.30 Å². The number of benzene rings is 3. The molecule has 1 aromatic heterocycles. The molecule has 0 aliphatic heterocycles. The molecule has 0 radical (unpaired) electrons. The van der Waals surface area contributed by atoms with Crippen LogP contribution in [0.4, 0.5) is 0 Å². The van der Waals surface area contributed by atoms with Crippen molar-refractivity contribution in [1.29, 1.82) is 0 Å². The van der Waals surface area contributed by atoms with Crippen molar-refractivity contribution in [1.82, 2.24) is 4.57 Å². The number of hydrogen-bond donors (Lipinski definition) is 0. The molecule has 0 saturated carbocycles. The minimum Gasteiger partial charge on any atom is -0.468 e. The summed E-state index contributed by atoms with van der Waals surface area (Å²) in [6.45, 7) is 0. The summed E-state index contributed by atoms with van der Waals surface area (Å²) < 4.78 is 7.57. The summed E-state index contributed by atoms with van der Waals surface area (Å²) in [5, 5.41) is 1.64. The molecule has 5 rings (SSSR count). The van der Waals surface area contributed by atoms with Gasteiger partial charge in [0.25, 0.3) is 0 Å². The number of aryl methyl sites for hydroxylation is 1. The molecule has 3 aromatic carbocycles. The SMILES string of the molecule is COC(=O)C1(c2ccccc2)c2cc(Cl)ccc2-c2c1c1ccccc1n2C. The first-order valence-corrected chi connectivity index (χ1v) is 9.50. The summed E-state index contributed by atoms with van der Waals surface area (Å²) in [6.07, 6.45) is 0. The summed E-state index contributed by atoms with van der Waals surface area (Å²) in [7, 11) is 3.48. The number of para-hydroxylation sites is 1. The van der Waals surface area contributed by atoms with E-state index in [9.17, 15) is 4.79 Å². The molecule has 0 saturated heterocycles. The molecule has 0 spiro atoms. The fourth-order valence-corrected chi connectivity index (χ4v) is 4.90. The van der Waals surface area contributed by atoms with E-state index >= 15 is 0 Å². The van der Waals surface area contributed by atoms with Crippen LogP contribution in [0, 0.1) is 0 Å². The van der Waals surface area contributed by atoms with E-state index in [1.807, 2.05) is 67.7 Å². The molecule has 1 atom stereocenters. The Morgan fingerprint density at radius 1 is 1.00 bits per heavy atom. The molecule has 4 aromatic rings. The van der Waals surface area contributed by atoms with E-state index in [-0.39, 0.29) is 5.97 Å². The number of rotatable bonds is 2. The van der Waals surface area contributed by atoms with Crippen molar-refractivity contribution in [3.8, 4) is 11.3 Å². The van der Waals surface area contributed by atoms with E-state index in [2.05, 4.69) is 16.7 Å². The van der Waals surface area contributed by atoms with Crippen molar-refractivity contribution in [3.63, 3.8) is 0 Å². The Labute approximate surface area is 168 Å². The van der Waals surface area contributed by atoms with Crippen LogP contribution in [-0.2, 0) is 22.0 Å². The van der Waals surface area contributed by atoms with Crippen LogP contribution in [0.25, 0.3) is 22.2 Å². The largest absolute Gasteiger partial charge is 0.468 e. The summed E-state index contributed by atoms with van der Waals surface area (Å²) >= 11 is 6.39. The van der Waals surface area contributed by atoms with Gasteiger partial charge in [0.1, 0.15) is 5.41 Å². The maximum atomic E-state index is 13.6. The van der Waals surface area contributed by atoms with Gasteiger partial charge in [-0.2, -0.15) is 0 Å². The van der Waals surface area contributed by atoms with E-state index < -0.39 is 5.41 Å². The third-order valence-corrected chi connectivity index (χ3v) is 6.06. The van der Waals surface area contributed by atoms with Crippen LogP contribution in [0.1, 0.15) is 16.7 Å². The highest BCUT2D eigenvalue weighted by Crippen LogP contribution is 2.56. The fraction of sp³-hybridized carbons (Fsp3) is 0.125. The predicted molar refractivity (Wildman–Crippen MR) is 112 cm³/mol. The zero-order valence-corrected chi connectivity index (χ0v) is 16.3. The van der Waals surface area contributed by atoms with E-state index in [1.165, 1.54) is 7.11 Å². The van der Waals surface area contributed by atoms with Crippen molar-refractivity contribution in [2.45, 2.75) is 5.41 Å². The van der Waals surface area contributed by atoms with Crippen LogP contribution in [0.15, 0.2) is 72.8 Å². The summed E-state index contributed by atoms with van der Waals surface area (Å²) in [4.78, 5) is 13.6. The number of ether oxygens (including phenoxy) is 1. The Bertz CT molecular complexity index is 1240. The molecule has 3 nitrogen and oxygen atoms in total. The van der Waals surface area contributed by atoms with Gasteiger partial charge >= 0.3 is 5.97 Å². The van der Waals surface area contributed by atoms with E-state index in [1.54, 1.807) is 0 Å². The third kappa shape index (κ3) is 1.97. The highest BCUT2D eigenvalue weighted by Gasteiger charge is 2.54. The highest BCUT2D eigenvalue weighted by molar-refractivity contribution is 6.31. The first kappa shape index (κ1) is 17.1. The second kappa shape index (κ2) is 5.98. The number of fused-ring (bicyclic) bond motifs is 5. The Morgan fingerprint density at radius 3 is 2.46 bits per heavy atom. The van der Waals surface area contributed by atoms with Crippen molar-refractivity contribution in [2.75, 3.05) is 7.11 Å². The van der Waals surface area contributed by atoms with Gasteiger partial charge in [0.05, 0.1) is 12.8 Å². The number of methoxy groups -OCH3 is 1. The molecule has 28 heavy (non-hydrogen) atoms. The first-order valence-electron chi connectivity index (χ1n) is 9.13. The minimum atomic E-state index is -1.06. The van der Waals surface area contributed by atoms with Crippen LogP contribution in [-0.4, -0.2) is 17.6 Å². The molecule has 1 unspecified atom stereocenters. The van der Waals surface area contributed by atoms with Gasteiger partial charge in [0.15, 0.2) is 0 Å². The number of carbonyl (C=O) groups excluding carboxylic acids is 1. The average molecular weight is 388 g/mol. The number of halogens is 1. The van der Waals surface area contributed by atoms with E-state index in [4.69, 9.17) is 16.3 Å². The van der Waals surface area contributed by atoms with Crippen LogP contribution in [0.2, 0.25) is 5.02 Å². The van der Waals surface area contributed by atoms with E-state index in [0.29, 0.717) is 5.02 Å². The quantitative estimate of drug-likeness (QED) is 0.436. The highest BCUT2D eigenvalue weighted by atomic mass is 35.5. The van der Waals surface area contributed by atoms with Gasteiger partial charge in [0, 0.05) is 34.1 Å². The number of esters is 1. The van der Waals surface area contributed by atoms with Crippen molar-refractivity contribution in [3.05, 3.63) is 94.5 Å². The third-order valence-electron chi connectivity index (χ3n) is 5.82. The van der Waals surface area contributed by atoms with Crippen LogP contribution in [0.5, 0.6) is 0 Å². The van der Waals surface area contributed by atoms with Crippen molar-refractivity contribution >= 4 is 28.5 Å². The van der Waals surface area contributed by atoms with Crippen LogP contribution in [0.3, 0.4) is 0 Å². The molecule has 1 aliphatic rings. The second-order valence-corrected chi connectivity index (χ2v) is 7.53. The van der Waals surface area contributed by atoms with Crippen LogP contribution < -0.4 is 0 Å². The van der Waals surface area contributed by atoms with Crippen molar-refractivity contribution in [2.24, 2.45) is 7.05 Å².